The van der Waals surface area contributed by atoms with Crippen LogP contribution in [0.4, 0.5) is 0 Å². The Labute approximate surface area is 187 Å². The fourth-order valence-corrected chi connectivity index (χ4v) is 3.24. The molecule has 1 aromatic heterocycles. The van der Waals surface area contributed by atoms with Crippen molar-refractivity contribution in [2.75, 3.05) is 13.2 Å². The Hall–Kier alpha value is -3.13. The van der Waals surface area contributed by atoms with Crippen LogP contribution < -0.4 is 10.2 Å². The molecule has 0 saturated carbocycles. The first kappa shape index (κ1) is 22.6. The molecule has 0 bridgehead atoms. The van der Waals surface area contributed by atoms with Gasteiger partial charge in [-0.1, -0.05) is 28.1 Å². The summed E-state index contributed by atoms with van der Waals surface area (Å²) in [6.45, 7) is 5.29. The summed E-state index contributed by atoms with van der Waals surface area (Å²) in [6, 6.07) is 11.5. The molecule has 0 amide bonds. The molecule has 0 aliphatic rings. The third kappa shape index (κ3) is 4.96. The van der Waals surface area contributed by atoms with Crippen molar-refractivity contribution in [2.24, 2.45) is 0 Å². The first-order valence-electron chi connectivity index (χ1n) is 9.72. The molecule has 162 valence electrons. The Balaban J connectivity index is 2.12. The number of hydrogen-bond acceptors (Lipinski definition) is 7. The van der Waals surface area contributed by atoms with E-state index in [1.54, 1.807) is 51.1 Å². The molecule has 8 heteroatoms. The Morgan fingerprint density at radius 3 is 2.35 bits per heavy atom. The molecule has 3 rings (SSSR count). The minimum Gasteiger partial charge on any atom is -0.479 e. The smallest absolute Gasteiger partial charge is 0.375 e. The van der Waals surface area contributed by atoms with Crippen LogP contribution in [0.5, 0.6) is 5.75 Å². The summed E-state index contributed by atoms with van der Waals surface area (Å²) in [6.07, 6.45) is -0.851. The number of rotatable bonds is 7. The van der Waals surface area contributed by atoms with Crippen molar-refractivity contribution in [1.82, 2.24) is 0 Å². The second-order valence-electron chi connectivity index (χ2n) is 6.53. The van der Waals surface area contributed by atoms with Crippen LogP contribution in [0.3, 0.4) is 0 Å². The lowest BCUT2D eigenvalue weighted by Gasteiger charge is -2.14. The second-order valence-corrected chi connectivity index (χ2v) is 7.45. The van der Waals surface area contributed by atoms with E-state index < -0.39 is 18.0 Å². The predicted molar refractivity (Wildman–Crippen MR) is 118 cm³/mol. The molecule has 0 spiro atoms. The Morgan fingerprint density at radius 1 is 1.03 bits per heavy atom. The molecular formula is C23H21BrO7. The minimum absolute atomic E-state index is 0.118. The maximum absolute atomic E-state index is 13.3. The van der Waals surface area contributed by atoms with Crippen molar-refractivity contribution >= 4 is 38.8 Å². The first-order valence-corrected chi connectivity index (χ1v) is 10.5. The normalized spacial score (nSPS) is 11.7. The van der Waals surface area contributed by atoms with Gasteiger partial charge >= 0.3 is 11.9 Å². The van der Waals surface area contributed by atoms with E-state index in [1.807, 2.05) is 0 Å². The number of halogens is 1. The number of carbonyl (C=O) groups excluding carboxylic acids is 2. The average Bonchev–Trinajstić information content (AvgIpc) is 2.74. The third-order valence-electron chi connectivity index (χ3n) is 4.39. The van der Waals surface area contributed by atoms with Gasteiger partial charge in [0.25, 0.3) is 0 Å². The van der Waals surface area contributed by atoms with E-state index in [9.17, 15) is 14.4 Å². The van der Waals surface area contributed by atoms with Gasteiger partial charge in [0.15, 0.2) is 6.10 Å². The monoisotopic (exact) mass is 488 g/mol. The summed E-state index contributed by atoms with van der Waals surface area (Å²) in [5, 5.41) is 0.266. The summed E-state index contributed by atoms with van der Waals surface area (Å²) in [4.78, 5) is 37.7. The Bertz CT molecular complexity index is 1160. The molecule has 0 aliphatic carbocycles. The van der Waals surface area contributed by atoms with Crippen molar-refractivity contribution in [3.63, 3.8) is 0 Å². The van der Waals surface area contributed by atoms with Crippen LogP contribution in [0, 0.1) is 0 Å². The molecule has 0 fully saturated rings. The van der Waals surface area contributed by atoms with E-state index in [4.69, 9.17) is 18.6 Å². The number of hydrogen-bond donors (Lipinski definition) is 0. The molecule has 0 radical (unpaired) electrons. The quantitative estimate of drug-likeness (QED) is 0.443. The molecule has 0 unspecified atom stereocenters. The van der Waals surface area contributed by atoms with Crippen LogP contribution in [0.1, 0.15) is 31.3 Å². The SMILES string of the molecule is CCOC(=O)c1oc2cc(O[C@@H](C)C(=O)OCC)ccc2c(=O)c1-c1ccc(Br)cc1. The van der Waals surface area contributed by atoms with E-state index in [0.29, 0.717) is 11.3 Å². The molecule has 1 atom stereocenters. The number of esters is 2. The van der Waals surface area contributed by atoms with Crippen molar-refractivity contribution in [3.8, 4) is 16.9 Å². The molecule has 1 heterocycles. The Morgan fingerprint density at radius 2 is 1.71 bits per heavy atom. The van der Waals surface area contributed by atoms with Gasteiger partial charge in [0, 0.05) is 10.5 Å². The van der Waals surface area contributed by atoms with Gasteiger partial charge in [-0.15, -0.1) is 0 Å². The summed E-state index contributed by atoms with van der Waals surface area (Å²) >= 11 is 3.36. The summed E-state index contributed by atoms with van der Waals surface area (Å²) in [5.41, 5.74) is 0.407. The zero-order valence-corrected chi connectivity index (χ0v) is 18.9. The average molecular weight is 489 g/mol. The van der Waals surface area contributed by atoms with Gasteiger partial charge in [0.2, 0.25) is 11.2 Å². The van der Waals surface area contributed by atoms with Gasteiger partial charge < -0.3 is 18.6 Å². The highest BCUT2D eigenvalue weighted by molar-refractivity contribution is 9.10. The van der Waals surface area contributed by atoms with Gasteiger partial charge in [-0.2, -0.15) is 0 Å². The van der Waals surface area contributed by atoms with Gasteiger partial charge in [-0.25, -0.2) is 9.59 Å². The van der Waals surface area contributed by atoms with E-state index in [2.05, 4.69) is 15.9 Å². The van der Waals surface area contributed by atoms with Crippen LogP contribution >= 0.6 is 15.9 Å². The molecule has 7 nitrogen and oxygen atoms in total. The van der Waals surface area contributed by atoms with E-state index in [0.717, 1.165) is 4.47 Å². The highest BCUT2D eigenvalue weighted by Gasteiger charge is 2.24. The lowest BCUT2D eigenvalue weighted by atomic mass is 10.0. The third-order valence-corrected chi connectivity index (χ3v) is 4.92. The molecule has 0 saturated heterocycles. The molecule has 2 aromatic carbocycles. The van der Waals surface area contributed by atoms with Crippen molar-refractivity contribution < 1.29 is 28.2 Å². The molecule has 3 aromatic rings. The van der Waals surface area contributed by atoms with Crippen LogP contribution in [-0.2, 0) is 14.3 Å². The highest BCUT2D eigenvalue weighted by Crippen LogP contribution is 2.28. The van der Waals surface area contributed by atoms with Crippen LogP contribution in [0.15, 0.2) is 56.1 Å². The summed E-state index contributed by atoms with van der Waals surface area (Å²) in [5.74, 6) is -1.16. The van der Waals surface area contributed by atoms with Crippen molar-refractivity contribution in [2.45, 2.75) is 26.9 Å². The fraction of sp³-hybridized carbons (Fsp3) is 0.261. The topological polar surface area (TPSA) is 92.0 Å². The summed E-state index contributed by atoms with van der Waals surface area (Å²) < 4.78 is 22.3. The molecular weight excluding hydrogens is 468 g/mol. The van der Waals surface area contributed by atoms with Crippen LogP contribution in [0.25, 0.3) is 22.1 Å². The van der Waals surface area contributed by atoms with Gasteiger partial charge in [-0.3, -0.25) is 4.79 Å². The number of ether oxygens (including phenoxy) is 3. The first-order chi connectivity index (χ1) is 14.8. The predicted octanol–water partition coefficient (Wildman–Crippen LogP) is 4.73. The maximum Gasteiger partial charge on any atom is 0.375 e. The molecule has 31 heavy (non-hydrogen) atoms. The summed E-state index contributed by atoms with van der Waals surface area (Å²) in [7, 11) is 0. The molecule has 0 aliphatic heterocycles. The largest absolute Gasteiger partial charge is 0.479 e. The highest BCUT2D eigenvalue weighted by atomic mass is 79.9. The van der Waals surface area contributed by atoms with E-state index in [1.165, 1.54) is 12.1 Å². The van der Waals surface area contributed by atoms with Crippen LogP contribution in [-0.4, -0.2) is 31.3 Å². The van der Waals surface area contributed by atoms with E-state index >= 15 is 0 Å². The number of carbonyl (C=O) groups is 2. The van der Waals surface area contributed by atoms with Crippen LogP contribution in [0.2, 0.25) is 0 Å². The molecule has 0 N–H and O–H groups in total. The van der Waals surface area contributed by atoms with Crippen molar-refractivity contribution in [1.29, 1.82) is 0 Å². The lowest BCUT2D eigenvalue weighted by molar-refractivity contribution is -0.150. The fourth-order valence-electron chi connectivity index (χ4n) is 2.98. The van der Waals surface area contributed by atoms with Gasteiger partial charge in [0.1, 0.15) is 11.3 Å². The number of fused-ring (bicyclic) bond motifs is 1. The second kappa shape index (κ2) is 9.78. The lowest BCUT2D eigenvalue weighted by Crippen LogP contribution is -2.26. The minimum atomic E-state index is -0.851. The van der Waals surface area contributed by atoms with Gasteiger partial charge in [0.05, 0.1) is 24.2 Å². The van der Waals surface area contributed by atoms with E-state index in [-0.39, 0.29) is 40.9 Å². The zero-order chi connectivity index (χ0) is 22.5. The standard InChI is InChI=1S/C23H21BrO7/c1-4-28-22(26)13(3)30-16-10-11-17-18(12-16)31-21(23(27)29-5-2)19(20(17)25)14-6-8-15(24)9-7-14/h6-13H,4-5H2,1-3H3/t13-/m0/s1. The Kier molecular flexibility index (Phi) is 7.12. The van der Waals surface area contributed by atoms with Crippen molar-refractivity contribution in [3.05, 3.63) is 62.9 Å². The van der Waals surface area contributed by atoms with Gasteiger partial charge in [-0.05, 0) is 50.6 Å². The maximum atomic E-state index is 13.3. The number of benzene rings is 2. The zero-order valence-electron chi connectivity index (χ0n) is 17.3.